The number of rotatable bonds is 3. The summed E-state index contributed by atoms with van der Waals surface area (Å²) in [5.74, 6) is -0.0668. The maximum Gasteiger partial charge on any atom is 0.254 e. The molecule has 0 saturated heterocycles. The van der Waals surface area contributed by atoms with E-state index < -0.39 is 0 Å². The second-order valence-electron chi connectivity index (χ2n) is 6.49. The lowest BCUT2D eigenvalue weighted by Crippen LogP contribution is -2.51. The van der Waals surface area contributed by atoms with Crippen LogP contribution in [0.5, 0.6) is 0 Å². The molecule has 1 aliphatic carbocycles. The Balaban J connectivity index is 0.00000200. The normalized spacial score (nSPS) is 17.6. The Hall–Kier alpha value is -1.07. The third-order valence-corrected chi connectivity index (χ3v) is 3.86. The van der Waals surface area contributed by atoms with E-state index in [1.165, 1.54) is 0 Å². The van der Waals surface area contributed by atoms with E-state index in [2.05, 4.69) is 31.2 Å². The van der Waals surface area contributed by atoms with Gasteiger partial charge in [-0.3, -0.25) is 9.48 Å². The van der Waals surface area contributed by atoms with E-state index in [0.717, 1.165) is 25.7 Å². The fourth-order valence-electron chi connectivity index (χ4n) is 2.55. The monoisotopic (exact) mass is 300 g/mol. The standard InChI is InChI=1S/C14H24N4O.ClH/c1-13(2,3)18-9-11(8-16-18)12(19)17-14(10-15)6-4-5-7-14;/h8-9H,4-7,10,15H2,1-3H3,(H,17,19);1H. The molecule has 1 amide bonds. The summed E-state index contributed by atoms with van der Waals surface area (Å²) < 4.78 is 1.81. The van der Waals surface area contributed by atoms with Gasteiger partial charge in [0.25, 0.3) is 5.91 Å². The van der Waals surface area contributed by atoms with E-state index in [9.17, 15) is 4.79 Å². The van der Waals surface area contributed by atoms with E-state index in [-0.39, 0.29) is 29.4 Å². The molecule has 0 bridgehead atoms. The zero-order valence-electron chi connectivity index (χ0n) is 12.5. The van der Waals surface area contributed by atoms with E-state index >= 15 is 0 Å². The summed E-state index contributed by atoms with van der Waals surface area (Å²) in [5, 5.41) is 7.36. The van der Waals surface area contributed by atoms with Gasteiger partial charge in [-0.25, -0.2) is 0 Å². The lowest BCUT2D eigenvalue weighted by molar-refractivity contribution is 0.0903. The lowest BCUT2D eigenvalue weighted by Gasteiger charge is -2.28. The topological polar surface area (TPSA) is 72.9 Å². The smallest absolute Gasteiger partial charge is 0.254 e. The van der Waals surface area contributed by atoms with Crippen molar-refractivity contribution in [1.82, 2.24) is 15.1 Å². The van der Waals surface area contributed by atoms with Crippen LogP contribution >= 0.6 is 12.4 Å². The van der Waals surface area contributed by atoms with Crippen molar-refractivity contribution >= 4 is 18.3 Å². The van der Waals surface area contributed by atoms with Gasteiger partial charge in [-0.2, -0.15) is 5.10 Å². The fourth-order valence-corrected chi connectivity index (χ4v) is 2.55. The minimum absolute atomic E-state index is 0. The molecule has 0 unspecified atom stereocenters. The number of nitrogens with two attached hydrogens (primary N) is 1. The third-order valence-electron chi connectivity index (χ3n) is 3.86. The molecule has 1 saturated carbocycles. The van der Waals surface area contributed by atoms with Gasteiger partial charge in [0.1, 0.15) is 0 Å². The van der Waals surface area contributed by atoms with Crippen LogP contribution in [0.15, 0.2) is 12.4 Å². The van der Waals surface area contributed by atoms with Gasteiger partial charge in [0.15, 0.2) is 0 Å². The largest absolute Gasteiger partial charge is 0.345 e. The molecule has 0 aliphatic heterocycles. The van der Waals surface area contributed by atoms with Gasteiger partial charge in [0.05, 0.1) is 22.8 Å². The molecular weight excluding hydrogens is 276 g/mol. The number of nitrogens with one attached hydrogen (secondary N) is 1. The maximum atomic E-state index is 12.3. The number of hydrogen-bond donors (Lipinski definition) is 2. The van der Waals surface area contributed by atoms with Gasteiger partial charge >= 0.3 is 0 Å². The molecule has 0 spiro atoms. The summed E-state index contributed by atoms with van der Waals surface area (Å²) in [4.78, 5) is 12.3. The molecule has 3 N–H and O–H groups in total. The number of halogens is 1. The van der Waals surface area contributed by atoms with Crippen LogP contribution in [0.2, 0.25) is 0 Å². The van der Waals surface area contributed by atoms with Crippen LogP contribution in [0.1, 0.15) is 56.8 Å². The second kappa shape index (κ2) is 6.14. The molecule has 5 nitrogen and oxygen atoms in total. The molecule has 1 aromatic rings. The van der Waals surface area contributed by atoms with Crippen molar-refractivity contribution in [3.63, 3.8) is 0 Å². The first-order valence-electron chi connectivity index (χ1n) is 6.94. The molecule has 1 aromatic heterocycles. The first kappa shape index (κ1) is 17.0. The van der Waals surface area contributed by atoms with Crippen LogP contribution in [0.3, 0.4) is 0 Å². The number of hydrogen-bond acceptors (Lipinski definition) is 3. The van der Waals surface area contributed by atoms with Crippen LogP contribution in [0.25, 0.3) is 0 Å². The van der Waals surface area contributed by atoms with Crippen LogP contribution in [0.4, 0.5) is 0 Å². The van der Waals surface area contributed by atoms with E-state index in [1.54, 1.807) is 12.4 Å². The van der Waals surface area contributed by atoms with Crippen molar-refractivity contribution in [2.75, 3.05) is 6.54 Å². The van der Waals surface area contributed by atoms with Crippen LogP contribution in [0, 0.1) is 0 Å². The van der Waals surface area contributed by atoms with Gasteiger partial charge in [-0.15, -0.1) is 12.4 Å². The van der Waals surface area contributed by atoms with E-state index in [4.69, 9.17) is 5.73 Å². The highest BCUT2D eigenvalue weighted by Gasteiger charge is 2.34. The molecule has 6 heteroatoms. The minimum Gasteiger partial charge on any atom is -0.345 e. The lowest BCUT2D eigenvalue weighted by atomic mass is 9.97. The molecule has 1 fully saturated rings. The van der Waals surface area contributed by atoms with Crippen LogP contribution < -0.4 is 11.1 Å². The van der Waals surface area contributed by atoms with Crippen LogP contribution in [-0.2, 0) is 5.54 Å². The molecular formula is C14H25ClN4O. The van der Waals surface area contributed by atoms with Crippen molar-refractivity contribution in [2.45, 2.75) is 57.5 Å². The summed E-state index contributed by atoms with van der Waals surface area (Å²) in [6.45, 7) is 6.67. The second-order valence-corrected chi connectivity index (χ2v) is 6.49. The fraction of sp³-hybridized carbons (Fsp3) is 0.714. The van der Waals surface area contributed by atoms with Crippen molar-refractivity contribution in [2.24, 2.45) is 5.73 Å². The molecule has 0 radical (unpaired) electrons. The number of amides is 1. The quantitative estimate of drug-likeness (QED) is 0.897. The molecule has 1 aliphatic rings. The van der Waals surface area contributed by atoms with Gasteiger partial charge in [0, 0.05) is 12.7 Å². The predicted molar refractivity (Wildman–Crippen MR) is 82.2 cm³/mol. The van der Waals surface area contributed by atoms with Crippen LogP contribution in [-0.4, -0.2) is 27.8 Å². The zero-order valence-corrected chi connectivity index (χ0v) is 13.3. The highest BCUT2D eigenvalue weighted by atomic mass is 35.5. The highest BCUT2D eigenvalue weighted by molar-refractivity contribution is 5.94. The molecule has 0 atom stereocenters. The molecule has 0 aromatic carbocycles. The Kier molecular flexibility index (Phi) is 5.21. The molecule has 114 valence electrons. The molecule has 1 heterocycles. The SMILES string of the molecule is CC(C)(C)n1cc(C(=O)NC2(CN)CCCC2)cn1.Cl. The maximum absolute atomic E-state index is 12.3. The number of nitrogens with zero attached hydrogens (tertiary/aromatic N) is 2. The predicted octanol–water partition coefficient (Wildman–Crippen LogP) is 2.06. The molecule has 2 rings (SSSR count). The van der Waals surface area contributed by atoms with Crippen molar-refractivity contribution in [3.05, 3.63) is 18.0 Å². The summed E-state index contributed by atoms with van der Waals surface area (Å²) in [6, 6.07) is 0. The Labute approximate surface area is 126 Å². The van der Waals surface area contributed by atoms with Gasteiger partial charge in [-0.1, -0.05) is 12.8 Å². The summed E-state index contributed by atoms with van der Waals surface area (Å²) in [6.07, 6.45) is 7.65. The third kappa shape index (κ3) is 3.52. The zero-order chi connectivity index (χ0) is 14.1. The Bertz CT molecular complexity index is 458. The highest BCUT2D eigenvalue weighted by Crippen LogP contribution is 2.29. The van der Waals surface area contributed by atoms with Crippen molar-refractivity contribution in [1.29, 1.82) is 0 Å². The van der Waals surface area contributed by atoms with Gasteiger partial charge in [0.2, 0.25) is 0 Å². The van der Waals surface area contributed by atoms with E-state index in [1.807, 2.05) is 4.68 Å². The average Bonchev–Trinajstić information content (AvgIpc) is 2.97. The minimum atomic E-state index is -0.207. The Morgan fingerprint density at radius 1 is 1.45 bits per heavy atom. The summed E-state index contributed by atoms with van der Waals surface area (Å²) in [5.41, 5.74) is 6.12. The first-order chi connectivity index (χ1) is 8.86. The molecule has 20 heavy (non-hydrogen) atoms. The van der Waals surface area contributed by atoms with E-state index in [0.29, 0.717) is 12.1 Å². The number of aromatic nitrogens is 2. The van der Waals surface area contributed by atoms with Gasteiger partial charge in [-0.05, 0) is 33.6 Å². The Morgan fingerprint density at radius 2 is 2.05 bits per heavy atom. The first-order valence-corrected chi connectivity index (χ1v) is 6.94. The van der Waals surface area contributed by atoms with Gasteiger partial charge < -0.3 is 11.1 Å². The van der Waals surface area contributed by atoms with Crippen molar-refractivity contribution in [3.8, 4) is 0 Å². The van der Waals surface area contributed by atoms with Crippen molar-refractivity contribution < 1.29 is 4.79 Å². The summed E-state index contributed by atoms with van der Waals surface area (Å²) >= 11 is 0. The average molecular weight is 301 g/mol. The summed E-state index contributed by atoms with van der Waals surface area (Å²) in [7, 11) is 0. The number of carbonyl (C=O) groups is 1. The number of carbonyl (C=O) groups excluding carboxylic acids is 1. The Morgan fingerprint density at radius 3 is 2.50 bits per heavy atom.